The number of aromatic amines is 1. The van der Waals surface area contributed by atoms with Gasteiger partial charge in [0.1, 0.15) is 0 Å². The first-order chi connectivity index (χ1) is 9.95. The van der Waals surface area contributed by atoms with Crippen LogP contribution in [0.15, 0.2) is 41.2 Å². The number of nitrogens with one attached hydrogen (secondary N) is 1. The normalized spacial score (nSPS) is 19.6. The van der Waals surface area contributed by atoms with Crippen LogP contribution in [-0.2, 0) is 0 Å². The monoisotopic (exact) mass is 281 g/mol. The first kappa shape index (κ1) is 14.1. The van der Waals surface area contributed by atoms with Gasteiger partial charge in [-0.25, -0.2) is 0 Å². The highest BCUT2D eigenvalue weighted by Crippen LogP contribution is 2.39. The Morgan fingerprint density at radius 1 is 1.19 bits per heavy atom. The molecular weight excluding hydrogens is 258 g/mol. The minimum Gasteiger partial charge on any atom is -0.321 e. The van der Waals surface area contributed by atoms with Gasteiger partial charge in [0.25, 0.3) is 5.56 Å². The van der Waals surface area contributed by atoms with Crippen LogP contribution in [0.4, 0.5) is 0 Å². The average molecular weight is 281 g/mol. The molecular formula is C19H23NO. The molecule has 1 unspecified atom stereocenters. The second-order valence-corrected chi connectivity index (χ2v) is 7.17. The fraction of sp³-hybridized carbons (Fsp3) is 0.421. The van der Waals surface area contributed by atoms with E-state index in [9.17, 15) is 4.79 Å². The number of para-hydroxylation sites is 1. The lowest BCUT2D eigenvalue weighted by Gasteiger charge is -2.33. The third kappa shape index (κ3) is 2.80. The van der Waals surface area contributed by atoms with Crippen molar-refractivity contribution >= 4 is 16.5 Å². The summed E-state index contributed by atoms with van der Waals surface area (Å²) in [7, 11) is 0. The van der Waals surface area contributed by atoms with Gasteiger partial charge in [-0.2, -0.15) is 0 Å². The van der Waals surface area contributed by atoms with Crippen molar-refractivity contribution in [2.45, 2.75) is 40.0 Å². The Bertz CT molecular complexity index is 746. The largest absolute Gasteiger partial charge is 0.321 e. The number of hydrogen-bond donors (Lipinski definition) is 1. The van der Waals surface area contributed by atoms with Gasteiger partial charge in [0.15, 0.2) is 0 Å². The van der Waals surface area contributed by atoms with Crippen molar-refractivity contribution in [2.75, 3.05) is 0 Å². The first-order valence-corrected chi connectivity index (χ1v) is 7.76. The van der Waals surface area contributed by atoms with Crippen LogP contribution >= 0.6 is 0 Å². The van der Waals surface area contributed by atoms with Crippen molar-refractivity contribution in [1.82, 2.24) is 4.98 Å². The highest BCUT2D eigenvalue weighted by Gasteiger charge is 2.26. The van der Waals surface area contributed by atoms with Gasteiger partial charge in [-0.3, -0.25) is 4.79 Å². The zero-order valence-corrected chi connectivity index (χ0v) is 13.1. The third-order valence-corrected chi connectivity index (χ3v) is 4.74. The molecule has 1 aromatic carbocycles. The van der Waals surface area contributed by atoms with Gasteiger partial charge >= 0.3 is 0 Å². The van der Waals surface area contributed by atoms with Gasteiger partial charge in [0.2, 0.25) is 0 Å². The Morgan fingerprint density at radius 3 is 2.62 bits per heavy atom. The van der Waals surface area contributed by atoms with E-state index in [2.05, 4.69) is 37.9 Å². The summed E-state index contributed by atoms with van der Waals surface area (Å²) in [5.41, 5.74) is 3.35. The van der Waals surface area contributed by atoms with Crippen molar-refractivity contribution in [3.63, 3.8) is 0 Å². The second-order valence-electron chi connectivity index (χ2n) is 7.17. The van der Waals surface area contributed by atoms with Crippen LogP contribution < -0.4 is 5.56 Å². The van der Waals surface area contributed by atoms with E-state index < -0.39 is 0 Å². The molecule has 1 aliphatic carbocycles. The molecule has 0 fully saturated rings. The van der Waals surface area contributed by atoms with Gasteiger partial charge in [0, 0.05) is 11.1 Å². The van der Waals surface area contributed by atoms with E-state index in [4.69, 9.17) is 0 Å². The van der Waals surface area contributed by atoms with Crippen molar-refractivity contribution in [2.24, 2.45) is 11.3 Å². The molecule has 1 N–H and O–H groups in total. The predicted molar refractivity (Wildman–Crippen MR) is 89.3 cm³/mol. The third-order valence-electron chi connectivity index (χ3n) is 4.74. The van der Waals surface area contributed by atoms with Crippen molar-refractivity contribution in [3.05, 3.63) is 52.3 Å². The summed E-state index contributed by atoms with van der Waals surface area (Å²) in [4.78, 5) is 15.3. The highest BCUT2D eigenvalue weighted by atomic mass is 16.1. The topological polar surface area (TPSA) is 32.9 Å². The van der Waals surface area contributed by atoms with E-state index in [0.29, 0.717) is 11.3 Å². The van der Waals surface area contributed by atoms with E-state index in [1.54, 1.807) is 0 Å². The predicted octanol–water partition coefficient (Wildman–Crippen LogP) is 4.76. The summed E-state index contributed by atoms with van der Waals surface area (Å²) < 4.78 is 0. The van der Waals surface area contributed by atoms with E-state index >= 15 is 0 Å². The van der Waals surface area contributed by atoms with E-state index in [0.717, 1.165) is 29.3 Å². The molecule has 2 heteroatoms. The summed E-state index contributed by atoms with van der Waals surface area (Å²) >= 11 is 0. The van der Waals surface area contributed by atoms with Crippen molar-refractivity contribution in [1.29, 1.82) is 0 Å². The number of hydrogen-bond acceptors (Lipinski definition) is 1. The number of H-pyrrole nitrogens is 1. The van der Waals surface area contributed by atoms with Crippen LogP contribution in [0.25, 0.3) is 16.5 Å². The van der Waals surface area contributed by atoms with E-state index in [-0.39, 0.29) is 5.56 Å². The summed E-state index contributed by atoms with van der Waals surface area (Å²) in [6, 6.07) is 10.00. The Hall–Kier alpha value is -1.83. The van der Waals surface area contributed by atoms with Crippen LogP contribution in [0.5, 0.6) is 0 Å². The number of fused-ring (bicyclic) bond motifs is 1. The number of benzene rings is 1. The number of aromatic nitrogens is 1. The standard InChI is InChI=1S/C19H23NO/c1-19(2,3)15-10-8-13(9-11-15)16-12-14-6-4-5-7-17(14)20-18(16)21/h4-8,12,15H,9-11H2,1-3H3,(H,20,21). The number of rotatable bonds is 1. The van der Waals surface area contributed by atoms with Crippen LogP contribution in [0, 0.1) is 11.3 Å². The maximum atomic E-state index is 12.3. The van der Waals surface area contributed by atoms with Crippen LogP contribution in [0.2, 0.25) is 0 Å². The van der Waals surface area contributed by atoms with Gasteiger partial charge in [-0.1, -0.05) is 45.0 Å². The summed E-state index contributed by atoms with van der Waals surface area (Å²) in [5.74, 6) is 0.709. The minimum atomic E-state index is 0.0363. The van der Waals surface area contributed by atoms with Crippen LogP contribution in [0.3, 0.4) is 0 Å². The van der Waals surface area contributed by atoms with Crippen molar-refractivity contribution < 1.29 is 0 Å². The van der Waals surface area contributed by atoms with Gasteiger partial charge < -0.3 is 4.98 Å². The Morgan fingerprint density at radius 2 is 1.95 bits per heavy atom. The smallest absolute Gasteiger partial charge is 0.255 e. The molecule has 110 valence electrons. The molecule has 2 nitrogen and oxygen atoms in total. The van der Waals surface area contributed by atoms with Gasteiger partial charge in [0.05, 0.1) is 0 Å². The molecule has 1 aromatic heterocycles. The van der Waals surface area contributed by atoms with Gasteiger partial charge in [-0.15, -0.1) is 0 Å². The zero-order valence-electron chi connectivity index (χ0n) is 13.1. The Labute approximate surface area is 125 Å². The quantitative estimate of drug-likeness (QED) is 0.803. The maximum Gasteiger partial charge on any atom is 0.255 e. The minimum absolute atomic E-state index is 0.0363. The molecule has 0 radical (unpaired) electrons. The molecule has 1 aliphatic rings. The van der Waals surface area contributed by atoms with E-state index in [1.807, 2.05) is 24.3 Å². The lowest BCUT2D eigenvalue weighted by Crippen LogP contribution is -2.23. The van der Waals surface area contributed by atoms with Crippen molar-refractivity contribution in [3.8, 4) is 0 Å². The van der Waals surface area contributed by atoms with Gasteiger partial charge in [-0.05, 0) is 53.7 Å². The molecule has 0 saturated heterocycles. The highest BCUT2D eigenvalue weighted by molar-refractivity contribution is 5.82. The second kappa shape index (κ2) is 5.18. The average Bonchev–Trinajstić information content (AvgIpc) is 2.46. The lowest BCUT2D eigenvalue weighted by molar-refractivity contribution is 0.225. The molecule has 21 heavy (non-hydrogen) atoms. The zero-order chi connectivity index (χ0) is 15.0. The first-order valence-electron chi connectivity index (χ1n) is 7.76. The molecule has 3 rings (SSSR count). The molecule has 1 heterocycles. The van der Waals surface area contributed by atoms with E-state index in [1.165, 1.54) is 12.0 Å². The molecule has 2 aromatic rings. The number of pyridine rings is 1. The fourth-order valence-corrected chi connectivity index (χ4v) is 3.25. The molecule has 1 atom stereocenters. The van der Waals surface area contributed by atoms with Crippen LogP contribution in [0.1, 0.15) is 45.6 Å². The molecule has 0 spiro atoms. The summed E-state index contributed by atoms with van der Waals surface area (Å²) in [6.07, 6.45) is 5.52. The SMILES string of the molecule is CC(C)(C)C1CC=C(c2cc3ccccc3[nH]c2=O)CC1. The molecule has 0 bridgehead atoms. The summed E-state index contributed by atoms with van der Waals surface area (Å²) in [6.45, 7) is 6.91. The lowest BCUT2D eigenvalue weighted by atomic mass is 9.72. The number of allylic oxidation sites excluding steroid dienone is 2. The molecule has 0 saturated carbocycles. The Kier molecular flexibility index (Phi) is 3.48. The molecule has 0 aliphatic heterocycles. The molecule has 0 amide bonds. The van der Waals surface area contributed by atoms with Crippen LogP contribution in [-0.4, -0.2) is 4.98 Å². The summed E-state index contributed by atoms with van der Waals surface area (Å²) in [5, 5.41) is 1.10. The maximum absolute atomic E-state index is 12.3. The Balaban J connectivity index is 1.97. The fourth-order valence-electron chi connectivity index (χ4n) is 3.25.